The number of nitrogens with two attached hydrogens (primary N) is 1. The maximum atomic E-state index is 12.7. The summed E-state index contributed by atoms with van der Waals surface area (Å²) in [7, 11) is 0. The Morgan fingerprint density at radius 3 is 2.69 bits per heavy atom. The second kappa shape index (κ2) is 3.39. The number of allylic oxidation sites excluding steroid dienone is 1. The molecule has 0 unspecified atom stereocenters. The third-order valence-electron chi connectivity index (χ3n) is 1.65. The molecule has 0 saturated carbocycles. The summed E-state index contributed by atoms with van der Waals surface area (Å²) in [5, 5.41) is 0. The first-order valence-electron chi connectivity index (χ1n) is 3.77. The number of rotatable bonds is 2. The van der Waals surface area contributed by atoms with Gasteiger partial charge in [0.1, 0.15) is 5.82 Å². The van der Waals surface area contributed by atoms with E-state index >= 15 is 0 Å². The molecule has 3 heteroatoms. The van der Waals surface area contributed by atoms with Gasteiger partial charge < -0.3 is 5.73 Å². The largest absolute Gasteiger partial charge is 0.398 e. The highest BCUT2D eigenvalue weighted by molar-refractivity contribution is 6.11. The summed E-state index contributed by atoms with van der Waals surface area (Å²) in [6.45, 7) is 5.04. The van der Waals surface area contributed by atoms with Crippen LogP contribution in [0, 0.1) is 5.82 Å². The Kier molecular flexibility index (Phi) is 2.46. The zero-order valence-electron chi connectivity index (χ0n) is 7.30. The first-order chi connectivity index (χ1) is 6.02. The Morgan fingerprint density at radius 1 is 1.54 bits per heavy atom. The lowest BCUT2D eigenvalue weighted by molar-refractivity contribution is 0.103. The summed E-state index contributed by atoms with van der Waals surface area (Å²) in [5.74, 6) is -0.796. The highest BCUT2D eigenvalue weighted by Gasteiger charge is 2.10. The second-order valence-electron chi connectivity index (χ2n) is 2.84. The topological polar surface area (TPSA) is 43.1 Å². The molecule has 0 heterocycles. The minimum Gasteiger partial charge on any atom is -0.398 e. The first kappa shape index (κ1) is 9.45. The molecule has 0 aliphatic rings. The smallest absolute Gasteiger partial charge is 0.190 e. The predicted octanol–water partition coefficient (Wildman–Crippen LogP) is 2.17. The minimum absolute atomic E-state index is 0.174. The molecule has 0 spiro atoms. The Labute approximate surface area is 75.9 Å². The molecule has 0 fully saturated rings. The number of hydrogen-bond donors (Lipinski definition) is 1. The van der Waals surface area contributed by atoms with Crippen molar-refractivity contribution in [2.24, 2.45) is 0 Å². The normalized spacial score (nSPS) is 9.69. The van der Waals surface area contributed by atoms with Gasteiger partial charge in [-0.05, 0) is 30.7 Å². The molecule has 0 bridgehead atoms. The number of nitrogen functional groups attached to an aromatic ring is 1. The molecule has 0 aliphatic carbocycles. The lowest BCUT2D eigenvalue weighted by Gasteiger charge is -2.03. The van der Waals surface area contributed by atoms with Crippen LogP contribution in [0.2, 0.25) is 0 Å². The number of ketones is 1. The van der Waals surface area contributed by atoms with Crippen LogP contribution in [0.4, 0.5) is 10.1 Å². The van der Waals surface area contributed by atoms with Crippen LogP contribution in [0.1, 0.15) is 17.3 Å². The zero-order chi connectivity index (χ0) is 10.0. The van der Waals surface area contributed by atoms with E-state index in [-0.39, 0.29) is 17.0 Å². The maximum Gasteiger partial charge on any atom is 0.190 e. The summed E-state index contributed by atoms with van der Waals surface area (Å²) in [5.41, 5.74) is 6.29. The molecule has 0 radical (unpaired) electrons. The molecule has 68 valence electrons. The molecular weight excluding hydrogens is 169 g/mol. The predicted molar refractivity (Wildman–Crippen MR) is 50.0 cm³/mol. The van der Waals surface area contributed by atoms with Crippen LogP contribution in [0.15, 0.2) is 30.4 Å². The van der Waals surface area contributed by atoms with Crippen molar-refractivity contribution >= 4 is 11.5 Å². The maximum absolute atomic E-state index is 12.7. The van der Waals surface area contributed by atoms with Gasteiger partial charge in [0.2, 0.25) is 0 Å². The van der Waals surface area contributed by atoms with Crippen molar-refractivity contribution in [1.82, 2.24) is 0 Å². The lowest BCUT2D eigenvalue weighted by Crippen LogP contribution is -2.04. The van der Waals surface area contributed by atoms with Crippen LogP contribution in [0.25, 0.3) is 0 Å². The van der Waals surface area contributed by atoms with Crippen molar-refractivity contribution in [2.75, 3.05) is 5.73 Å². The van der Waals surface area contributed by atoms with E-state index in [1.807, 2.05) is 0 Å². The fourth-order valence-electron chi connectivity index (χ4n) is 0.955. The van der Waals surface area contributed by atoms with E-state index in [4.69, 9.17) is 5.73 Å². The van der Waals surface area contributed by atoms with E-state index in [2.05, 4.69) is 6.58 Å². The summed E-state index contributed by atoms with van der Waals surface area (Å²) in [6, 6.07) is 3.70. The summed E-state index contributed by atoms with van der Waals surface area (Å²) >= 11 is 0. The molecule has 0 saturated heterocycles. The number of anilines is 1. The molecular formula is C10H10FNO. The minimum atomic E-state index is -0.473. The van der Waals surface area contributed by atoms with Gasteiger partial charge in [0.25, 0.3) is 0 Å². The molecule has 0 aliphatic heterocycles. The van der Waals surface area contributed by atoms with E-state index in [0.717, 1.165) is 6.07 Å². The Balaban J connectivity index is 3.21. The monoisotopic (exact) mass is 179 g/mol. The van der Waals surface area contributed by atoms with Gasteiger partial charge in [-0.2, -0.15) is 0 Å². The van der Waals surface area contributed by atoms with E-state index in [1.54, 1.807) is 6.92 Å². The summed E-state index contributed by atoms with van der Waals surface area (Å²) < 4.78 is 12.7. The molecule has 0 aromatic heterocycles. The SMILES string of the molecule is C=C(C)C(=O)c1cc(F)ccc1N. The van der Waals surface area contributed by atoms with Gasteiger partial charge in [0.15, 0.2) is 5.78 Å². The highest BCUT2D eigenvalue weighted by Crippen LogP contribution is 2.16. The number of Topliss-reactive ketones (excluding diaryl/α,β-unsaturated/α-hetero) is 1. The van der Waals surface area contributed by atoms with Crippen LogP contribution < -0.4 is 5.73 Å². The standard InChI is InChI=1S/C10H10FNO/c1-6(2)10(13)8-5-7(11)3-4-9(8)12/h3-5H,1,12H2,2H3. The second-order valence-corrected chi connectivity index (χ2v) is 2.84. The molecule has 1 aromatic rings. The van der Waals surface area contributed by atoms with Crippen molar-refractivity contribution in [3.05, 3.63) is 41.7 Å². The quantitative estimate of drug-likeness (QED) is 0.429. The molecule has 1 rings (SSSR count). The summed E-state index contributed by atoms with van der Waals surface area (Å²) in [4.78, 5) is 11.4. The molecule has 13 heavy (non-hydrogen) atoms. The Hall–Kier alpha value is -1.64. The Bertz CT molecular complexity index is 371. The van der Waals surface area contributed by atoms with Crippen LogP contribution in [0.3, 0.4) is 0 Å². The van der Waals surface area contributed by atoms with Crippen molar-refractivity contribution in [3.8, 4) is 0 Å². The van der Waals surface area contributed by atoms with Crippen molar-refractivity contribution < 1.29 is 9.18 Å². The third kappa shape index (κ3) is 1.93. The van der Waals surface area contributed by atoms with Gasteiger partial charge >= 0.3 is 0 Å². The zero-order valence-corrected chi connectivity index (χ0v) is 7.30. The fourth-order valence-corrected chi connectivity index (χ4v) is 0.955. The van der Waals surface area contributed by atoms with Crippen LogP contribution >= 0.6 is 0 Å². The first-order valence-corrected chi connectivity index (χ1v) is 3.77. The number of benzene rings is 1. The van der Waals surface area contributed by atoms with Gasteiger partial charge in [-0.25, -0.2) is 4.39 Å². The molecule has 0 amide bonds. The number of hydrogen-bond acceptors (Lipinski definition) is 2. The van der Waals surface area contributed by atoms with Gasteiger partial charge in [-0.3, -0.25) is 4.79 Å². The van der Waals surface area contributed by atoms with E-state index in [0.29, 0.717) is 5.57 Å². The molecule has 1 aromatic carbocycles. The van der Waals surface area contributed by atoms with Crippen molar-refractivity contribution in [2.45, 2.75) is 6.92 Å². The van der Waals surface area contributed by atoms with E-state index < -0.39 is 5.82 Å². The molecule has 0 atom stereocenters. The molecule has 2 N–H and O–H groups in total. The van der Waals surface area contributed by atoms with Crippen molar-refractivity contribution in [3.63, 3.8) is 0 Å². The summed E-state index contributed by atoms with van der Waals surface area (Å²) in [6.07, 6.45) is 0. The highest BCUT2D eigenvalue weighted by atomic mass is 19.1. The number of halogens is 1. The van der Waals surface area contributed by atoms with Crippen LogP contribution in [-0.2, 0) is 0 Å². The van der Waals surface area contributed by atoms with Crippen LogP contribution in [-0.4, -0.2) is 5.78 Å². The van der Waals surface area contributed by atoms with Gasteiger partial charge in [-0.1, -0.05) is 6.58 Å². The fraction of sp³-hybridized carbons (Fsp3) is 0.100. The van der Waals surface area contributed by atoms with Gasteiger partial charge in [0.05, 0.1) is 0 Å². The Morgan fingerprint density at radius 2 is 2.15 bits per heavy atom. The average Bonchev–Trinajstić information content (AvgIpc) is 2.08. The van der Waals surface area contributed by atoms with Crippen LogP contribution in [0.5, 0.6) is 0 Å². The molecule has 2 nitrogen and oxygen atoms in total. The van der Waals surface area contributed by atoms with E-state index in [9.17, 15) is 9.18 Å². The number of carbonyl (C=O) groups is 1. The van der Waals surface area contributed by atoms with Gasteiger partial charge in [-0.15, -0.1) is 0 Å². The van der Waals surface area contributed by atoms with Crippen molar-refractivity contribution in [1.29, 1.82) is 0 Å². The number of carbonyl (C=O) groups excluding carboxylic acids is 1. The van der Waals surface area contributed by atoms with E-state index in [1.165, 1.54) is 12.1 Å². The lowest BCUT2D eigenvalue weighted by atomic mass is 10.0. The average molecular weight is 179 g/mol. The van der Waals surface area contributed by atoms with Gasteiger partial charge in [0, 0.05) is 11.3 Å². The third-order valence-corrected chi connectivity index (χ3v) is 1.65.